The molecule has 7 nitrogen and oxygen atoms in total. The van der Waals surface area contributed by atoms with E-state index in [2.05, 4.69) is 10.5 Å². The average Bonchev–Trinajstić information content (AvgIpc) is 3.24. The number of benzene rings is 3. The highest BCUT2D eigenvalue weighted by Crippen LogP contribution is 2.39. The number of hydrogen-bond donors (Lipinski definition) is 3. The van der Waals surface area contributed by atoms with Crippen molar-refractivity contribution < 1.29 is 35.7 Å². The first-order valence-electron chi connectivity index (χ1n) is 11.7. The van der Waals surface area contributed by atoms with Gasteiger partial charge in [0.05, 0.1) is 16.8 Å². The third-order valence-electron chi connectivity index (χ3n) is 6.42. The van der Waals surface area contributed by atoms with Crippen molar-refractivity contribution in [1.82, 2.24) is 5.16 Å². The number of fused-ring (bicyclic) bond motifs is 1. The molecule has 0 aliphatic carbocycles. The standard InChI is InChI=1S/C26H19F6N5O2/c27-17-9-12(37-8-2-1-3-21(37)38)4-5-13(17)14-6-7-15(24(33)26(30,31)32)23(22(14)29)35-19-10-16-20(11-18(19)28)39-36-25(16)34/h4-7,9-11,33,35H,1-3,8H2,(H2,34,36). The normalized spacial score (nSPS) is 14.2. The minimum absolute atomic E-state index is 0.0534. The molecule has 0 bridgehead atoms. The zero-order valence-electron chi connectivity index (χ0n) is 19.9. The Morgan fingerprint density at radius 2 is 1.77 bits per heavy atom. The lowest BCUT2D eigenvalue weighted by molar-refractivity contribution is -0.119. The number of halogens is 6. The lowest BCUT2D eigenvalue weighted by Crippen LogP contribution is -2.35. The zero-order valence-corrected chi connectivity index (χ0v) is 19.9. The topological polar surface area (TPSA) is 108 Å². The maximum absolute atomic E-state index is 15.9. The molecule has 0 radical (unpaired) electrons. The van der Waals surface area contributed by atoms with Crippen LogP contribution in [0.4, 0.5) is 49.2 Å². The van der Waals surface area contributed by atoms with Crippen molar-refractivity contribution in [3.63, 3.8) is 0 Å². The fourth-order valence-corrected chi connectivity index (χ4v) is 4.45. The second-order valence-corrected chi connectivity index (χ2v) is 8.91. The molecule has 1 aliphatic rings. The van der Waals surface area contributed by atoms with Crippen LogP contribution in [0.15, 0.2) is 47.0 Å². The molecule has 1 saturated heterocycles. The molecule has 0 atom stereocenters. The molecule has 13 heteroatoms. The predicted molar refractivity (Wildman–Crippen MR) is 133 cm³/mol. The Bertz CT molecular complexity index is 1630. The van der Waals surface area contributed by atoms with Gasteiger partial charge >= 0.3 is 6.18 Å². The van der Waals surface area contributed by atoms with Crippen LogP contribution in [0.25, 0.3) is 22.1 Å². The van der Waals surface area contributed by atoms with Gasteiger partial charge in [-0.3, -0.25) is 10.2 Å². The van der Waals surface area contributed by atoms with Crippen LogP contribution in [0, 0.1) is 22.9 Å². The molecule has 0 unspecified atom stereocenters. The second kappa shape index (κ2) is 9.64. The van der Waals surface area contributed by atoms with E-state index in [0.29, 0.717) is 19.4 Å². The van der Waals surface area contributed by atoms with Crippen molar-refractivity contribution >= 4 is 45.5 Å². The van der Waals surface area contributed by atoms with Crippen LogP contribution in [0.5, 0.6) is 0 Å². The number of carbonyl (C=O) groups excluding carboxylic acids is 1. The first-order chi connectivity index (χ1) is 18.5. The number of nitrogen functional groups attached to an aromatic ring is 1. The summed E-state index contributed by atoms with van der Waals surface area (Å²) in [7, 11) is 0. The van der Waals surface area contributed by atoms with Gasteiger partial charge in [-0.2, -0.15) is 13.2 Å². The molecule has 2 heterocycles. The third-order valence-corrected chi connectivity index (χ3v) is 6.42. The van der Waals surface area contributed by atoms with Crippen LogP contribution >= 0.6 is 0 Å². The van der Waals surface area contributed by atoms with Gasteiger partial charge in [0.25, 0.3) is 0 Å². The highest BCUT2D eigenvalue weighted by atomic mass is 19.4. The van der Waals surface area contributed by atoms with Gasteiger partial charge in [-0.15, -0.1) is 0 Å². The van der Waals surface area contributed by atoms with E-state index in [1.54, 1.807) is 0 Å². The fraction of sp³-hybridized carbons (Fsp3) is 0.192. The second-order valence-electron chi connectivity index (χ2n) is 8.91. The van der Waals surface area contributed by atoms with Crippen LogP contribution in [-0.2, 0) is 4.79 Å². The number of rotatable bonds is 5. The van der Waals surface area contributed by atoms with Gasteiger partial charge in [0.1, 0.15) is 17.3 Å². The summed E-state index contributed by atoms with van der Waals surface area (Å²) in [6, 6.07) is 7.27. The Labute approximate surface area is 216 Å². The SMILES string of the molecule is N=C(c1ccc(-c2ccc(N3CCCCC3=O)cc2F)c(F)c1Nc1cc2c(N)noc2cc1F)C(F)(F)F. The van der Waals surface area contributed by atoms with Gasteiger partial charge < -0.3 is 20.5 Å². The minimum atomic E-state index is -5.17. The summed E-state index contributed by atoms with van der Waals surface area (Å²) in [6.07, 6.45) is -3.41. The Hall–Kier alpha value is -4.55. The number of alkyl halides is 3. The molecule has 1 aliphatic heterocycles. The van der Waals surface area contributed by atoms with E-state index in [4.69, 9.17) is 15.7 Å². The number of nitrogens with one attached hydrogen (secondary N) is 2. The van der Waals surface area contributed by atoms with Crippen LogP contribution < -0.4 is 16.0 Å². The molecule has 202 valence electrons. The molecule has 4 aromatic rings. The van der Waals surface area contributed by atoms with Gasteiger partial charge in [-0.05, 0) is 43.2 Å². The molecular formula is C26H19F6N5O2. The first-order valence-corrected chi connectivity index (χ1v) is 11.7. The quantitative estimate of drug-likeness (QED) is 0.191. The van der Waals surface area contributed by atoms with E-state index >= 15 is 8.78 Å². The smallest absolute Gasteiger partial charge is 0.380 e. The third kappa shape index (κ3) is 4.75. The van der Waals surface area contributed by atoms with Gasteiger partial charge in [0, 0.05) is 41.4 Å². The molecule has 5 rings (SSSR count). The summed E-state index contributed by atoms with van der Waals surface area (Å²) < 4.78 is 91.1. The van der Waals surface area contributed by atoms with Crippen molar-refractivity contribution in [3.8, 4) is 11.1 Å². The van der Waals surface area contributed by atoms with Crippen LogP contribution in [0.2, 0.25) is 0 Å². The minimum Gasteiger partial charge on any atom is -0.380 e. The number of nitrogens with two attached hydrogens (primary N) is 1. The number of carbonyl (C=O) groups is 1. The summed E-state index contributed by atoms with van der Waals surface area (Å²) in [5.41, 5.74) is 0.893. The van der Waals surface area contributed by atoms with E-state index in [1.165, 1.54) is 17.0 Å². The average molecular weight is 547 g/mol. The van der Waals surface area contributed by atoms with Crippen molar-refractivity contribution in [3.05, 3.63) is 65.5 Å². The predicted octanol–water partition coefficient (Wildman–Crippen LogP) is 6.68. The number of nitrogens with zero attached hydrogens (tertiary/aromatic N) is 2. The van der Waals surface area contributed by atoms with Crippen molar-refractivity contribution in [2.24, 2.45) is 0 Å². The number of piperidine rings is 1. The molecule has 1 fully saturated rings. The summed E-state index contributed by atoms with van der Waals surface area (Å²) in [5.74, 6) is -3.65. The first kappa shape index (κ1) is 26.1. The summed E-state index contributed by atoms with van der Waals surface area (Å²) in [5, 5.41) is 13.4. The van der Waals surface area contributed by atoms with Crippen LogP contribution in [-0.4, -0.2) is 29.5 Å². The van der Waals surface area contributed by atoms with E-state index in [9.17, 15) is 22.4 Å². The molecule has 1 aromatic heterocycles. The lowest BCUT2D eigenvalue weighted by Gasteiger charge is -2.27. The monoisotopic (exact) mass is 547 g/mol. The highest BCUT2D eigenvalue weighted by molar-refractivity contribution is 6.08. The van der Waals surface area contributed by atoms with Gasteiger partial charge in [0.15, 0.2) is 17.2 Å². The number of amides is 1. The molecule has 4 N–H and O–H groups in total. The Kier molecular flexibility index (Phi) is 6.44. The largest absolute Gasteiger partial charge is 0.433 e. The molecule has 3 aromatic carbocycles. The summed E-state index contributed by atoms with van der Waals surface area (Å²) in [4.78, 5) is 13.6. The van der Waals surface area contributed by atoms with Crippen LogP contribution in [0.1, 0.15) is 24.8 Å². The molecule has 1 amide bonds. The van der Waals surface area contributed by atoms with Crippen molar-refractivity contribution in [2.45, 2.75) is 25.4 Å². The van der Waals surface area contributed by atoms with Gasteiger partial charge in [-0.1, -0.05) is 11.2 Å². The van der Waals surface area contributed by atoms with Crippen LogP contribution in [0.3, 0.4) is 0 Å². The molecule has 39 heavy (non-hydrogen) atoms. The maximum atomic E-state index is 15.9. The number of hydrogen-bond acceptors (Lipinski definition) is 6. The van der Waals surface area contributed by atoms with Gasteiger partial charge in [0.2, 0.25) is 5.91 Å². The number of aromatic nitrogens is 1. The Balaban J connectivity index is 1.62. The summed E-state index contributed by atoms with van der Waals surface area (Å²) >= 11 is 0. The van der Waals surface area contributed by atoms with Gasteiger partial charge in [-0.25, -0.2) is 13.2 Å². The maximum Gasteiger partial charge on any atom is 0.433 e. The molecule has 0 spiro atoms. The summed E-state index contributed by atoms with van der Waals surface area (Å²) in [6.45, 7) is 0.390. The van der Waals surface area contributed by atoms with E-state index in [0.717, 1.165) is 36.8 Å². The number of anilines is 4. The zero-order chi connectivity index (χ0) is 28.1. The molecular weight excluding hydrogens is 528 g/mol. The van der Waals surface area contributed by atoms with E-state index in [1.807, 2.05) is 0 Å². The van der Waals surface area contributed by atoms with Crippen molar-refractivity contribution in [2.75, 3.05) is 22.5 Å². The Morgan fingerprint density at radius 1 is 1.03 bits per heavy atom. The molecule has 0 saturated carbocycles. The fourth-order valence-electron chi connectivity index (χ4n) is 4.45. The van der Waals surface area contributed by atoms with E-state index < -0.39 is 51.8 Å². The van der Waals surface area contributed by atoms with E-state index in [-0.39, 0.29) is 33.9 Å². The Morgan fingerprint density at radius 3 is 2.46 bits per heavy atom. The van der Waals surface area contributed by atoms with Crippen molar-refractivity contribution in [1.29, 1.82) is 5.41 Å². The highest BCUT2D eigenvalue weighted by Gasteiger charge is 2.38. The lowest BCUT2D eigenvalue weighted by atomic mass is 9.97.